The number of benzene rings is 1. The van der Waals surface area contributed by atoms with Gasteiger partial charge in [0.2, 0.25) is 5.43 Å². The van der Waals surface area contributed by atoms with Gasteiger partial charge in [0, 0.05) is 13.3 Å². The van der Waals surface area contributed by atoms with E-state index in [-0.39, 0.29) is 31.1 Å². The number of hydrogen-bond donors (Lipinski definition) is 0. The predicted octanol–water partition coefficient (Wildman–Crippen LogP) is 2.40. The SMILES string of the molecule is CCOC(=O)c1cn(Cc2noc(COC)n2)cc(Oc2ccccc2)c1=O. The number of hydrogen-bond acceptors (Lipinski definition) is 8. The molecule has 28 heavy (non-hydrogen) atoms. The monoisotopic (exact) mass is 385 g/mol. The third kappa shape index (κ3) is 4.63. The fourth-order valence-corrected chi connectivity index (χ4v) is 2.44. The Morgan fingerprint density at radius 2 is 2.00 bits per heavy atom. The van der Waals surface area contributed by atoms with E-state index in [2.05, 4.69) is 10.1 Å². The molecule has 0 aliphatic rings. The van der Waals surface area contributed by atoms with E-state index in [0.717, 1.165) is 0 Å². The molecule has 0 amide bonds. The zero-order valence-corrected chi connectivity index (χ0v) is 15.5. The molecular weight excluding hydrogens is 366 g/mol. The van der Waals surface area contributed by atoms with Crippen molar-refractivity contribution in [2.45, 2.75) is 20.1 Å². The van der Waals surface area contributed by atoms with Crippen LogP contribution in [0.5, 0.6) is 11.5 Å². The number of aromatic nitrogens is 3. The van der Waals surface area contributed by atoms with Crippen LogP contribution in [0.2, 0.25) is 0 Å². The smallest absolute Gasteiger partial charge is 0.343 e. The van der Waals surface area contributed by atoms with Crippen LogP contribution in [0.4, 0.5) is 0 Å². The normalized spacial score (nSPS) is 10.6. The van der Waals surface area contributed by atoms with Gasteiger partial charge in [-0.25, -0.2) is 4.79 Å². The highest BCUT2D eigenvalue weighted by Gasteiger charge is 2.18. The molecule has 0 spiro atoms. The Morgan fingerprint density at radius 1 is 1.21 bits per heavy atom. The molecule has 3 aromatic rings. The molecule has 9 heteroatoms. The van der Waals surface area contributed by atoms with Gasteiger partial charge in [-0.15, -0.1) is 0 Å². The van der Waals surface area contributed by atoms with Crippen LogP contribution in [0, 0.1) is 0 Å². The highest BCUT2D eigenvalue weighted by atomic mass is 16.5. The second-order valence-electron chi connectivity index (χ2n) is 5.71. The lowest BCUT2D eigenvalue weighted by molar-refractivity contribution is 0.0523. The molecule has 0 radical (unpaired) electrons. The van der Waals surface area contributed by atoms with Gasteiger partial charge < -0.3 is 23.3 Å². The molecule has 2 heterocycles. The molecule has 0 aliphatic carbocycles. The van der Waals surface area contributed by atoms with Crippen LogP contribution in [0.15, 0.2) is 52.0 Å². The number of para-hydroxylation sites is 1. The molecule has 0 fully saturated rings. The van der Waals surface area contributed by atoms with Crippen molar-refractivity contribution >= 4 is 5.97 Å². The molecule has 0 saturated heterocycles. The summed E-state index contributed by atoms with van der Waals surface area (Å²) in [5.74, 6) is 0.403. The Morgan fingerprint density at radius 3 is 2.71 bits per heavy atom. The number of nitrogens with zero attached hydrogens (tertiary/aromatic N) is 3. The van der Waals surface area contributed by atoms with Gasteiger partial charge in [0.05, 0.1) is 19.3 Å². The van der Waals surface area contributed by atoms with Crippen molar-refractivity contribution in [2.75, 3.05) is 13.7 Å². The third-order valence-corrected chi connectivity index (χ3v) is 3.61. The van der Waals surface area contributed by atoms with E-state index in [1.807, 2.05) is 6.07 Å². The first kappa shape index (κ1) is 19.3. The van der Waals surface area contributed by atoms with Crippen LogP contribution in [-0.4, -0.2) is 34.4 Å². The van der Waals surface area contributed by atoms with Crippen molar-refractivity contribution in [1.82, 2.24) is 14.7 Å². The average Bonchev–Trinajstić information content (AvgIpc) is 3.12. The second kappa shape index (κ2) is 8.96. The Bertz CT molecular complexity index is 996. The lowest BCUT2D eigenvalue weighted by Gasteiger charge is -2.11. The molecule has 0 bridgehead atoms. The molecular formula is C19H19N3O6. The van der Waals surface area contributed by atoms with E-state index in [1.165, 1.54) is 19.5 Å². The van der Waals surface area contributed by atoms with E-state index in [0.29, 0.717) is 17.5 Å². The molecule has 0 atom stereocenters. The van der Waals surface area contributed by atoms with Crippen molar-refractivity contribution in [1.29, 1.82) is 0 Å². The van der Waals surface area contributed by atoms with Gasteiger partial charge in [-0.3, -0.25) is 4.79 Å². The summed E-state index contributed by atoms with van der Waals surface area (Å²) in [6, 6.07) is 8.79. The van der Waals surface area contributed by atoms with Crippen LogP contribution >= 0.6 is 0 Å². The van der Waals surface area contributed by atoms with Gasteiger partial charge in [0.25, 0.3) is 5.89 Å². The number of ether oxygens (including phenoxy) is 3. The average molecular weight is 385 g/mol. The van der Waals surface area contributed by atoms with E-state index in [4.69, 9.17) is 18.7 Å². The quantitative estimate of drug-likeness (QED) is 0.544. The first-order valence-electron chi connectivity index (χ1n) is 8.55. The third-order valence-electron chi connectivity index (χ3n) is 3.61. The Kier molecular flexibility index (Phi) is 6.18. The number of carbonyl (C=O) groups is 1. The standard InChI is InChI=1S/C19H19N3O6/c1-3-26-19(24)14-9-22(11-16-20-17(12-25-2)28-21-16)10-15(18(14)23)27-13-7-5-4-6-8-13/h4-10H,3,11-12H2,1-2H3. The summed E-state index contributed by atoms with van der Waals surface area (Å²) >= 11 is 0. The van der Waals surface area contributed by atoms with Crippen LogP contribution < -0.4 is 10.2 Å². The number of methoxy groups -OCH3 is 1. The van der Waals surface area contributed by atoms with Crippen molar-refractivity contribution in [3.05, 3.63) is 70.2 Å². The van der Waals surface area contributed by atoms with Crippen molar-refractivity contribution < 1.29 is 23.5 Å². The summed E-state index contributed by atoms with van der Waals surface area (Å²) in [6.45, 7) is 2.16. The Labute approximate surface area is 160 Å². The second-order valence-corrected chi connectivity index (χ2v) is 5.71. The number of carbonyl (C=O) groups excluding carboxylic acids is 1. The maximum absolute atomic E-state index is 12.7. The van der Waals surface area contributed by atoms with E-state index in [1.54, 1.807) is 35.8 Å². The molecule has 3 rings (SSSR count). The molecule has 1 aromatic carbocycles. The van der Waals surface area contributed by atoms with Crippen LogP contribution in [0.3, 0.4) is 0 Å². The highest BCUT2D eigenvalue weighted by Crippen LogP contribution is 2.18. The first-order chi connectivity index (χ1) is 13.6. The zero-order valence-electron chi connectivity index (χ0n) is 15.5. The maximum Gasteiger partial charge on any atom is 0.343 e. The van der Waals surface area contributed by atoms with E-state index in [9.17, 15) is 9.59 Å². The molecule has 0 aliphatic heterocycles. The highest BCUT2D eigenvalue weighted by molar-refractivity contribution is 5.89. The van der Waals surface area contributed by atoms with Gasteiger partial charge >= 0.3 is 5.97 Å². The minimum Gasteiger partial charge on any atom is -0.462 e. The topological polar surface area (TPSA) is 106 Å². The van der Waals surface area contributed by atoms with E-state index >= 15 is 0 Å². The fraction of sp³-hybridized carbons (Fsp3) is 0.263. The minimum absolute atomic E-state index is 0.0163. The molecule has 146 valence electrons. The van der Waals surface area contributed by atoms with Crippen LogP contribution in [0.25, 0.3) is 0 Å². The van der Waals surface area contributed by atoms with Crippen LogP contribution in [-0.2, 0) is 22.6 Å². The van der Waals surface area contributed by atoms with Crippen molar-refractivity contribution in [3.63, 3.8) is 0 Å². The Balaban J connectivity index is 1.95. The fourth-order valence-electron chi connectivity index (χ4n) is 2.44. The number of esters is 1. The largest absolute Gasteiger partial charge is 0.462 e. The zero-order chi connectivity index (χ0) is 19.9. The summed E-state index contributed by atoms with van der Waals surface area (Å²) in [7, 11) is 1.52. The summed E-state index contributed by atoms with van der Waals surface area (Å²) < 4.78 is 22.2. The molecule has 0 N–H and O–H groups in total. The van der Waals surface area contributed by atoms with Crippen molar-refractivity contribution in [2.24, 2.45) is 0 Å². The summed E-state index contributed by atoms with van der Waals surface area (Å²) in [6.07, 6.45) is 2.86. The summed E-state index contributed by atoms with van der Waals surface area (Å²) in [4.78, 5) is 29.1. The van der Waals surface area contributed by atoms with Gasteiger partial charge in [-0.2, -0.15) is 4.98 Å². The van der Waals surface area contributed by atoms with Crippen molar-refractivity contribution in [3.8, 4) is 11.5 Å². The summed E-state index contributed by atoms with van der Waals surface area (Å²) in [5.41, 5.74) is -0.706. The molecule has 0 unspecified atom stereocenters. The predicted molar refractivity (Wildman–Crippen MR) is 97.3 cm³/mol. The summed E-state index contributed by atoms with van der Waals surface area (Å²) in [5, 5.41) is 3.85. The lowest BCUT2D eigenvalue weighted by Crippen LogP contribution is -2.21. The molecule has 0 saturated carbocycles. The first-order valence-corrected chi connectivity index (χ1v) is 8.55. The molecule has 9 nitrogen and oxygen atoms in total. The Hall–Kier alpha value is -3.46. The van der Waals surface area contributed by atoms with Gasteiger partial charge in [-0.1, -0.05) is 23.4 Å². The lowest BCUT2D eigenvalue weighted by atomic mass is 10.2. The van der Waals surface area contributed by atoms with Gasteiger partial charge in [0.1, 0.15) is 17.9 Å². The van der Waals surface area contributed by atoms with E-state index < -0.39 is 11.4 Å². The van der Waals surface area contributed by atoms with Gasteiger partial charge in [0.15, 0.2) is 11.6 Å². The maximum atomic E-state index is 12.7. The molecule has 2 aromatic heterocycles. The minimum atomic E-state index is -0.729. The number of pyridine rings is 1. The van der Waals surface area contributed by atoms with Crippen LogP contribution in [0.1, 0.15) is 29.0 Å². The number of rotatable bonds is 8. The van der Waals surface area contributed by atoms with Gasteiger partial charge in [-0.05, 0) is 19.1 Å².